The molecule has 2 aliphatic rings. The van der Waals surface area contributed by atoms with Crippen LogP contribution in [0, 0.1) is 11.3 Å². The van der Waals surface area contributed by atoms with Crippen molar-refractivity contribution in [1.29, 1.82) is 0 Å². The first kappa shape index (κ1) is 16.3. The molecule has 1 atom stereocenters. The Kier molecular flexibility index (Phi) is 5.49. The monoisotopic (exact) mass is 282 g/mol. The van der Waals surface area contributed by atoms with Crippen LogP contribution < -0.4 is 5.73 Å². The third kappa shape index (κ3) is 3.75. The van der Waals surface area contributed by atoms with E-state index < -0.39 is 0 Å². The summed E-state index contributed by atoms with van der Waals surface area (Å²) < 4.78 is 5.32. The maximum Gasteiger partial charge on any atom is 0.0491 e. The normalized spacial score (nSPS) is 33.0. The molecule has 0 aromatic heterocycles. The first-order valence-corrected chi connectivity index (χ1v) is 8.45. The molecule has 0 aromatic carbocycles. The van der Waals surface area contributed by atoms with Crippen molar-refractivity contribution in [2.75, 3.05) is 33.4 Å². The molecule has 0 bridgehead atoms. The SMILES string of the molecule is COCC1CCN(C2(CN)CCCC(C)(C)CC2)CC1. The Hall–Kier alpha value is -0.120. The van der Waals surface area contributed by atoms with Crippen molar-refractivity contribution in [3.8, 4) is 0 Å². The fourth-order valence-corrected chi connectivity index (χ4v) is 4.18. The Bertz CT molecular complexity index is 297. The lowest BCUT2D eigenvalue weighted by Gasteiger charge is -2.47. The molecule has 1 saturated carbocycles. The van der Waals surface area contributed by atoms with Gasteiger partial charge in [-0.3, -0.25) is 4.90 Å². The van der Waals surface area contributed by atoms with Crippen LogP contribution in [0.4, 0.5) is 0 Å². The zero-order chi connectivity index (χ0) is 14.6. The summed E-state index contributed by atoms with van der Waals surface area (Å²) in [5.41, 5.74) is 7.04. The summed E-state index contributed by atoms with van der Waals surface area (Å²) in [5, 5.41) is 0. The number of methoxy groups -OCH3 is 1. The molecule has 0 radical (unpaired) electrons. The van der Waals surface area contributed by atoms with E-state index in [0.29, 0.717) is 5.41 Å². The Morgan fingerprint density at radius 1 is 1.10 bits per heavy atom. The summed E-state index contributed by atoms with van der Waals surface area (Å²) in [7, 11) is 1.82. The van der Waals surface area contributed by atoms with Crippen LogP contribution in [-0.4, -0.2) is 43.8 Å². The number of hydrogen-bond donors (Lipinski definition) is 1. The number of likely N-dealkylation sites (tertiary alicyclic amines) is 1. The van der Waals surface area contributed by atoms with Crippen molar-refractivity contribution in [3.63, 3.8) is 0 Å². The lowest BCUT2D eigenvalue weighted by Crippen LogP contribution is -2.56. The van der Waals surface area contributed by atoms with Gasteiger partial charge in [0.1, 0.15) is 0 Å². The van der Waals surface area contributed by atoms with Crippen molar-refractivity contribution in [2.45, 2.75) is 64.3 Å². The van der Waals surface area contributed by atoms with Gasteiger partial charge in [0.2, 0.25) is 0 Å². The van der Waals surface area contributed by atoms with Crippen molar-refractivity contribution in [1.82, 2.24) is 4.90 Å². The molecular weight excluding hydrogens is 248 g/mol. The predicted octanol–water partition coefficient (Wildman–Crippen LogP) is 3.03. The van der Waals surface area contributed by atoms with E-state index in [9.17, 15) is 0 Å². The fraction of sp³-hybridized carbons (Fsp3) is 1.00. The topological polar surface area (TPSA) is 38.5 Å². The van der Waals surface area contributed by atoms with Gasteiger partial charge in [0.05, 0.1) is 0 Å². The van der Waals surface area contributed by atoms with Gasteiger partial charge in [-0.25, -0.2) is 0 Å². The van der Waals surface area contributed by atoms with Crippen LogP contribution >= 0.6 is 0 Å². The Labute approximate surface area is 125 Å². The first-order valence-electron chi connectivity index (χ1n) is 8.45. The summed E-state index contributed by atoms with van der Waals surface area (Å²) in [6, 6.07) is 0. The molecule has 0 aromatic rings. The van der Waals surface area contributed by atoms with Crippen LogP contribution in [0.5, 0.6) is 0 Å². The van der Waals surface area contributed by atoms with Crippen LogP contribution in [0.15, 0.2) is 0 Å². The molecule has 1 heterocycles. The maximum absolute atomic E-state index is 6.25. The molecule has 0 amide bonds. The van der Waals surface area contributed by atoms with Gasteiger partial charge in [0, 0.05) is 25.8 Å². The fourth-order valence-electron chi connectivity index (χ4n) is 4.18. The zero-order valence-electron chi connectivity index (χ0n) is 13.8. The van der Waals surface area contributed by atoms with Crippen LogP contribution in [0.25, 0.3) is 0 Å². The average molecular weight is 282 g/mol. The van der Waals surface area contributed by atoms with Crippen LogP contribution in [0.2, 0.25) is 0 Å². The summed E-state index contributed by atoms with van der Waals surface area (Å²) in [5.74, 6) is 0.758. The van der Waals surface area contributed by atoms with E-state index in [1.165, 1.54) is 58.0 Å². The van der Waals surface area contributed by atoms with Gasteiger partial charge in [0.15, 0.2) is 0 Å². The summed E-state index contributed by atoms with van der Waals surface area (Å²) in [4.78, 5) is 2.72. The van der Waals surface area contributed by atoms with E-state index in [4.69, 9.17) is 10.5 Å². The molecule has 1 unspecified atom stereocenters. The Balaban J connectivity index is 1.97. The molecule has 3 nitrogen and oxygen atoms in total. The maximum atomic E-state index is 6.25. The second-order valence-corrected chi connectivity index (χ2v) is 7.83. The lowest BCUT2D eigenvalue weighted by atomic mass is 9.82. The average Bonchev–Trinajstić information content (AvgIpc) is 2.59. The van der Waals surface area contributed by atoms with Crippen molar-refractivity contribution < 1.29 is 4.74 Å². The molecule has 0 spiro atoms. The molecule has 2 rings (SSSR count). The Morgan fingerprint density at radius 2 is 1.80 bits per heavy atom. The summed E-state index contributed by atoms with van der Waals surface area (Å²) in [6.45, 7) is 9.03. The molecule has 1 aliphatic carbocycles. The first-order chi connectivity index (χ1) is 9.51. The van der Waals surface area contributed by atoms with Gasteiger partial charge in [-0.2, -0.15) is 0 Å². The van der Waals surface area contributed by atoms with Gasteiger partial charge in [-0.05, 0) is 62.9 Å². The quantitative estimate of drug-likeness (QED) is 0.806. The predicted molar refractivity (Wildman–Crippen MR) is 84.8 cm³/mol. The molecule has 20 heavy (non-hydrogen) atoms. The highest BCUT2D eigenvalue weighted by Crippen LogP contribution is 2.41. The molecule has 1 saturated heterocycles. The van der Waals surface area contributed by atoms with Gasteiger partial charge in [-0.15, -0.1) is 0 Å². The van der Waals surface area contributed by atoms with Gasteiger partial charge in [0.25, 0.3) is 0 Å². The van der Waals surface area contributed by atoms with E-state index in [0.717, 1.165) is 19.1 Å². The Morgan fingerprint density at radius 3 is 2.40 bits per heavy atom. The van der Waals surface area contributed by atoms with Gasteiger partial charge >= 0.3 is 0 Å². The van der Waals surface area contributed by atoms with Gasteiger partial charge in [-0.1, -0.05) is 20.3 Å². The molecular formula is C17H34N2O. The minimum absolute atomic E-state index is 0.284. The second kappa shape index (κ2) is 6.76. The minimum atomic E-state index is 0.284. The van der Waals surface area contributed by atoms with E-state index in [1.54, 1.807) is 0 Å². The van der Waals surface area contributed by atoms with Gasteiger partial charge < -0.3 is 10.5 Å². The largest absolute Gasteiger partial charge is 0.384 e. The van der Waals surface area contributed by atoms with Crippen LogP contribution in [0.3, 0.4) is 0 Å². The number of rotatable bonds is 4. The number of nitrogens with zero attached hydrogens (tertiary/aromatic N) is 1. The third-order valence-electron chi connectivity index (χ3n) is 5.83. The van der Waals surface area contributed by atoms with Crippen LogP contribution in [-0.2, 0) is 4.74 Å². The molecule has 118 valence electrons. The van der Waals surface area contributed by atoms with E-state index >= 15 is 0 Å². The van der Waals surface area contributed by atoms with E-state index in [2.05, 4.69) is 18.7 Å². The number of nitrogens with two attached hydrogens (primary N) is 1. The van der Waals surface area contributed by atoms with Crippen molar-refractivity contribution in [2.24, 2.45) is 17.1 Å². The third-order valence-corrected chi connectivity index (χ3v) is 5.83. The smallest absolute Gasteiger partial charge is 0.0491 e. The summed E-state index contributed by atoms with van der Waals surface area (Å²) >= 11 is 0. The second-order valence-electron chi connectivity index (χ2n) is 7.83. The molecule has 2 N–H and O–H groups in total. The zero-order valence-corrected chi connectivity index (χ0v) is 13.8. The number of hydrogen-bond acceptors (Lipinski definition) is 3. The highest BCUT2D eigenvalue weighted by atomic mass is 16.5. The van der Waals surface area contributed by atoms with E-state index in [1.807, 2.05) is 7.11 Å². The van der Waals surface area contributed by atoms with Crippen molar-refractivity contribution >= 4 is 0 Å². The lowest BCUT2D eigenvalue weighted by molar-refractivity contribution is 0.0234. The highest BCUT2D eigenvalue weighted by molar-refractivity contribution is 4.97. The van der Waals surface area contributed by atoms with Crippen LogP contribution in [0.1, 0.15) is 58.8 Å². The summed E-state index contributed by atoms with van der Waals surface area (Å²) in [6.07, 6.45) is 9.14. The standard InChI is InChI=1S/C17H34N2O/c1-16(2)7-4-8-17(14-18,10-9-16)19-11-5-15(6-12-19)13-20-3/h15H,4-14,18H2,1-3H3. The molecule has 3 heteroatoms. The van der Waals surface area contributed by atoms with E-state index in [-0.39, 0.29) is 5.54 Å². The van der Waals surface area contributed by atoms with Crippen molar-refractivity contribution in [3.05, 3.63) is 0 Å². The number of piperidine rings is 1. The molecule has 2 fully saturated rings. The highest BCUT2D eigenvalue weighted by Gasteiger charge is 2.40. The minimum Gasteiger partial charge on any atom is -0.384 e. The number of ether oxygens (including phenoxy) is 1. The molecule has 1 aliphatic heterocycles.